The summed E-state index contributed by atoms with van der Waals surface area (Å²) in [7, 11) is 5.13. The predicted octanol–water partition coefficient (Wildman–Crippen LogP) is 4.42. The summed E-state index contributed by atoms with van der Waals surface area (Å²) >= 11 is 5.72. The minimum atomic E-state index is -0.419. The Morgan fingerprint density at radius 2 is 1.77 bits per heavy atom. The van der Waals surface area contributed by atoms with Crippen molar-refractivity contribution in [3.05, 3.63) is 40.4 Å². The van der Waals surface area contributed by atoms with E-state index in [1.54, 1.807) is 26.0 Å². The van der Waals surface area contributed by atoms with Crippen LogP contribution in [-0.4, -0.2) is 26.1 Å². The molecule has 0 aromatic heterocycles. The maximum Gasteiger partial charge on any atom is 0.292 e. The Bertz CT molecular complexity index is 455. The van der Waals surface area contributed by atoms with Gasteiger partial charge in [-0.1, -0.05) is 44.5 Å². The molecule has 3 nitrogen and oxygen atoms in total. The van der Waals surface area contributed by atoms with Gasteiger partial charge in [-0.15, -0.1) is 0 Å². The van der Waals surface area contributed by atoms with Gasteiger partial charge in [-0.25, -0.2) is 0 Å². The van der Waals surface area contributed by atoms with Crippen molar-refractivity contribution in [2.24, 2.45) is 0 Å². The van der Waals surface area contributed by atoms with Crippen molar-refractivity contribution in [1.82, 2.24) is 0 Å². The van der Waals surface area contributed by atoms with E-state index < -0.39 is 6.00 Å². The Morgan fingerprint density at radius 1 is 1.27 bits per heavy atom. The summed E-state index contributed by atoms with van der Waals surface area (Å²) < 4.78 is 4.29. The highest BCUT2D eigenvalue weighted by Crippen LogP contribution is 2.12. The number of benzene rings is 1. The summed E-state index contributed by atoms with van der Waals surface area (Å²) in [4.78, 5) is 20.4. The van der Waals surface area contributed by atoms with Crippen LogP contribution in [0.15, 0.2) is 29.8 Å². The van der Waals surface area contributed by atoms with E-state index in [2.05, 4.69) is 4.74 Å². The van der Waals surface area contributed by atoms with Crippen LogP contribution in [0.3, 0.4) is 0 Å². The summed E-state index contributed by atoms with van der Waals surface area (Å²) in [6, 6.07) is 6.96. The van der Waals surface area contributed by atoms with E-state index in [0.29, 0.717) is 17.9 Å². The van der Waals surface area contributed by atoms with Gasteiger partial charge in [0.25, 0.3) is 6.47 Å². The van der Waals surface area contributed by atoms with Gasteiger partial charge < -0.3 is 4.74 Å². The minimum Gasteiger partial charge on any atom is -0.475 e. The first-order valence-electron chi connectivity index (χ1n) is 7.20. The van der Waals surface area contributed by atoms with Gasteiger partial charge in [-0.05, 0) is 49.6 Å². The van der Waals surface area contributed by atoms with Crippen LogP contribution >= 0.6 is 11.6 Å². The fraction of sp³-hybridized carbons (Fsp3) is 0.412. The van der Waals surface area contributed by atoms with Gasteiger partial charge in [0.2, 0.25) is 0 Å². The Balaban J connectivity index is 0. The van der Waals surface area contributed by atoms with E-state index in [4.69, 9.17) is 19.4 Å². The van der Waals surface area contributed by atoms with Crippen LogP contribution < -0.4 is 0 Å². The lowest BCUT2D eigenvalue weighted by molar-refractivity contribution is -0.130. The van der Waals surface area contributed by atoms with E-state index >= 15 is 0 Å². The van der Waals surface area contributed by atoms with Crippen LogP contribution in [0.4, 0.5) is 0 Å². The van der Waals surface area contributed by atoms with E-state index in [9.17, 15) is 9.59 Å². The minimum absolute atomic E-state index is 0.0925. The molecule has 0 spiro atoms. The standard InChI is InChI=1S/C11H11ClO.C4H7BO2.C2H6/c1-8(9(2)13)7-10-3-5-11(12)6-4-10;1-2-4(5)7-3-6;1-2/h3-7H,1-2H3;3-4H,2H2,1H3;1-2H3/b8-7+;;. The molecule has 0 aliphatic heterocycles. The summed E-state index contributed by atoms with van der Waals surface area (Å²) in [6.07, 6.45) is 2.51. The fourth-order valence-corrected chi connectivity index (χ4v) is 1.20. The van der Waals surface area contributed by atoms with Gasteiger partial charge in [-0.2, -0.15) is 0 Å². The monoisotopic (exact) mass is 322 g/mol. The van der Waals surface area contributed by atoms with Crippen LogP contribution in [0.25, 0.3) is 6.08 Å². The van der Waals surface area contributed by atoms with E-state index in [1.165, 1.54) is 0 Å². The Morgan fingerprint density at radius 3 is 2.09 bits per heavy atom. The summed E-state index contributed by atoms with van der Waals surface area (Å²) in [5.74, 6) is 0.0925. The second kappa shape index (κ2) is 14.4. The molecule has 1 unspecified atom stereocenters. The van der Waals surface area contributed by atoms with Crippen LogP contribution in [0.1, 0.15) is 46.6 Å². The van der Waals surface area contributed by atoms with Crippen molar-refractivity contribution in [2.45, 2.75) is 47.0 Å². The highest BCUT2D eigenvalue weighted by atomic mass is 35.5. The number of ether oxygens (including phenoxy) is 1. The smallest absolute Gasteiger partial charge is 0.292 e. The van der Waals surface area contributed by atoms with Gasteiger partial charge in [0.15, 0.2) is 5.78 Å². The maximum absolute atomic E-state index is 10.9. The molecule has 0 aliphatic rings. The number of carbonyl (C=O) groups excluding carboxylic acids is 2. The predicted molar refractivity (Wildman–Crippen MR) is 94.1 cm³/mol. The lowest BCUT2D eigenvalue weighted by atomic mass is 9.98. The normalized spacial score (nSPS) is 11.1. The fourth-order valence-electron chi connectivity index (χ4n) is 1.08. The number of ketones is 1. The van der Waals surface area contributed by atoms with Crippen molar-refractivity contribution in [2.75, 3.05) is 0 Å². The number of rotatable bonds is 5. The zero-order chi connectivity index (χ0) is 17.5. The van der Waals surface area contributed by atoms with E-state index in [-0.39, 0.29) is 5.78 Å². The summed E-state index contributed by atoms with van der Waals surface area (Å²) in [5.41, 5.74) is 1.75. The van der Waals surface area contributed by atoms with Crippen molar-refractivity contribution in [3.8, 4) is 0 Å². The molecule has 0 aliphatic carbocycles. The van der Waals surface area contributed by atoms with Crippen molar-refractivity contribution < 1.29 is 14.3 Å². The van der Waals surface area contributed by atoms with Gasteiger partial charge in [0.05, 0.1) is 6.00 Å². The maximum atomic E-state index is 10.9. The highest BCUT2D eigenvalue weighted by Gasteiger charge is 1.96. The van der Waals surface area contributed by atoms with E-state index in [1.807, 2.05) is 39.0 Å². The molecule has 5 heteroatoms. The first-order valence-corrected chi connectivity index (χ1v) is 7.58. The van der Waals surface area contributed by atoms with Crippen LogP contribution in [-0.2, 0) is 14.3 Å². The van der Waals surface area contributed by atoms with Gasteiger partial charge >= 0.3 is 0 Å². The van der Waals surface area contributed by atoms with Crippen molar-refractivity contribution >= 4 is 37.8 Å². The largest absolute Gasteiger partial charge is 0.475 e. The third-order valence-electron chi connectivity index (χ3n) is 2.44. The molecular formula is C17H24BClO3. The third kappa shape index (κ3) is 12.2. The Hall–Kier alpha value is -1.55. The molecule has 0 bridgehead atoms. The highest BCUT2D eigenvalue weighted by molar-refractivity contribution is 6.30. The summed E-state index contributed by atoms with van der Waals surface area (Å²) in [5, 5.41) is 0.706. The lowest BCUT2D eigenvalue weighted by Crippen LogP contribution is -2.08. The first-order chi connectivity index (χ1) is 10.4. The number of carbonyl (C=O) groups is 2. The summed E-state index contributed by atoms with van der Waals surface area (Å²) in [6.45, 7) is 9.56. The molecule has 0 N–H and O–H groups in total. The van der Waals surface area contributed by atoms with Crippen molar-refractivity contribution in [3.63, 3.8) is 0 Å². The van der Waals surface area contributed by atoms with Gasteiger partial charge in [-0.3, -0.25) is 9.59 Å². The zero-order valence-corrected chi connectivity index (χ0v) is 14.7. The average molecular weight is 323 g/mol. The molecule has 0 amide bonds. The quantitative estimate of drug-likeness (QED) is 0.458. The molecule has 1 aromatic rings. The molecule has 2 radical (unpaired) electrons. The molecule has 0 saturated heterocycles. The van der Waals surface area contributed by atoms with Crippen LogP contribution in [0.2, 0.25) is 5.02 Å². The molecule has 1 rings (SSSR count). The molecule has 1 atom stereocenters. The molecule has 1 aromatic carbocycles. The molecular weight excluding hydrogens is 298 g/mol. The molecule has 0 heterocycles. The topological polar surface area (TPSA) is 43.4 Å². The molecule has 22 heavy (non-hydrogen) atoms. The third-order valence-corrected chi connectivity index (χ3v) is 2.69. The number of halogens is 1. The SMILES string of the molecule is CC.CC(=O)/C(C)=C/c1ccc(Cl)cc1.[B]C(CC)OC=O. The molecule has 120 valence electrons. The zero-order valence-electron chi connectivity index (χ0n) is 13.9. The number of Topliss-reactive ketones (excluding diaryl/α,β-unsaturated/α-hetero) is 1. The van der Waals surface area contributed by atoms with Crippen LogP contribution in [0, 0.1) is 0 Å². The lowest BCUT2D eigenvalue weighted by Gasteiger charge is -2.02. The first kappa shape index (κ1) is 22.7. The van der Waals surface area contributed by atoms with Gasteiger partial charge in [0.1, 0.15) is 7.85 Å². The second-order valence-electron chi connectivity index (χ2n) is 4.11. The average Bonchev–Trinajstić information content (AvgIpc) is 2.52. The molecule has 0 saturated carbocycles. The second-order valence-corrected chi connectivity index (χ2v) is 4.55. The Kier molecular flexibility index (Phi) is 14.9. The Labute approximate surface area is 140 Å². The van der Waals surface area contributed by atoms with Crippen molar-refractivity contribution in [1.29, 1.82) is 0 Å². The number of hydrogen-bond acceptors (Lipinski definition) is 3. The molecule has 0 fully saturated rings. The van der Waals surface area contributed by atoms with Gasteiger partial charge in [0, 0.05) is 5.02 Å². The number of allylic oxidation sites excluding steroid dienone is 1. The van der Waals surface area contributed by atoms with E-state index in [0.717, 1.165) is 11.1 Å². The number of hydrogen-bond donors (Lipinski definition) is 0. The van der Waals surface area contributed by atoms with Crippen LogP contribution in [0.5, 0.6) is 0 Å².